The highest BCUT2D eigenvalue weighted by Gasteiger charge is 2.37. The van der Waals surface area contributed by atoms with Crippen molar-refractivity contribution < 1.29 is 111 Å². The molecule has 13 rings (SSSR count). The number of carbonyl (C=O) groups excluding carboxylic acids is 12. The predicted octanol–water partition coefficient (Wildman–Crippen LogP) is 13.0. The van der Waals surface area contributed by atoms with Crippen molar-refractivity contribution in [3.63, 3.8) is 0 Å². The summed E-state index contributed by atoms with van der Waals surface area (Å²) in [7, 11) is -15.0. The summed E-state index contributed by atoms with van der Waals surface area (Å²) < 4.78 is 103. The molecule has 6 aromatic carbocycles. The Balaban J connectivity index is 0.000000267. The molecule has 2 fully saturated rings. The number of benzene rings is 6. The topological polar surface area (TPSA) is 648 Å². The minimum atomic E-state index is -3.98. The largest absolute Gasteiger partial charge is 0.422 e. The molecule has 14 N–H and O–H groups in total. The molecule has 7 aliphatic rings. The molecule has 0 spiro atoms. The third-order valence-corrected chi connectivity index (χ3v) is 28.7. The van der Waals surface area contributed by atoms with Crippen LogP contribution in [0.15, 0.2) is 226 Å². The zero-order valence-corrected chi connectivity index (χ0v) is 88.6. The average Bonchev–Trinajstić information content (AvgIpc) is 1.71. The maximum atomic E-state index is 12.5. The zero-order valence-electron chi connectivity index (χ0n) is 84.6. The summed E-state index contributed by atoms with van der Waals surface area (Å²) in [6.07, 6.45) is 14.7. The lowest BCUT2D eigenvalue weighted by atomic mass is 9.87. The summed E-state index contributed by atoms with van der Waals surface area (Å²) in [6.45, 7) is 26.8. The van der Waals surface area contributed by atoms with Crippen molar-refractivity contribution in [3.05, 3.63) is 244 Å². The van der Waals surface area contributed by atoms with E-state index in [1.54, 1.807) is 61.5 Å². The number of isocyanates is 1. The van der Waals surface area contributed by atoms with Gasteiger partial charge in [0.2, 0.25) is 42.1 Å². The molecule has 148 heavy (non-hydrogen) atoms. The van der Waals surface area contributed by atoms with Gasteiger partial charge in [0.05, 0.1) is 61.6 Å². The van der Waals surface area contributed by atoms with E-state index < -0.39 is 85.6 Å². The minimum absolute atomic E-state index is 0.00639. The van der Waals surface area contributed by atoms with Crippen molar-refractivity contribution in [2.75, 3.05) is 58.9 Å². The van der Waals surface area contributed by atoms with E-state index >= 15 is 0 Å². The number of rotatable bonds is 27. The highest BCUT2D eigenvalue weighted by molar-refractivity contribution is 7.90. The normalized spacial score (nSPS) is 17.0. The van der Waals surface area contributed by atoms with Crippen molar-refractivity contribution in [1.29, 1.82) is 0 Å². The number of sulfonamides is 4. The second-order valence-corrected chi connectivity index (χ2v) is 42.1. The number of imide groups is 4. The summed E-state index contributed by atoms with van der Waals surface area (Å²) >= 11 is 4.92. The molecule has 6 aromatic rings. The van der Waals surface area contributed by atoms with Crippen molar-refractivity contribution in [2.24, 2.45) is 38.0 Å². The lowest BCUT2D eigenvalue weighted by molar-refractivity contribution is -0.385. The van der Waals surface area contributed by atoms with Gasteiger partial charge in [0.25, 0.3) is 45.0 Å². The number of primary sulfonamides is 3. The summed E-state index contributed by atoms with van der Waals surface area (Å²) in [5.41, 5.74) is 16.2. The molecule has 0 radical (unpaired) electrons. The number of nitrogens with two attached hydrogens (primary N) is 4. The molecule has 48 heteroatoms. The summed E-state index contributed by atoms with van der Waals surface area (Å²) in [6, 6.07) is 33.3. The number of halogens is 1. The quantitative estimate of drug-likeness (QED) is 0.00753. The molecule has 14 amide bonds. The highest BCUT2D eigenvalue weighted by Crippen LogP contribution is 2.31. The first-order valence-corrected chi connectivity index (χ1v) is 54.2. The summed E-state index contributed by atoms with van der Waals surface area (Å²) in [5.74, 6) is 0.854. The molecule has 5 aliphatic heterocycles. The van der Waals surface area contributed by atoms with Crippen LogP contribution in [-0.4, -0.2) is 205 Å². The zero-order chi connectivity index (χ0) is 110. The van der Waals surface area contributed by atoms with E-state index in [0.717, 1.165) is 119 Å². The highest BCUT2D eigenvalue weighted by atomic mass is 35.5. The number of urea groups is 4. The monoisotopic (exact) mass is 2150 g/mol. The van der Waals surface area contributed by atoms with E-state index in [4.69, 9.17) is 37.5 Å². The van der Waals surface area contributed by atoms with Crippen LogP contribution in [0.5, 0.6) is 11.5 Å². The maximum Gasteiger partial charge on any atom is 0.422 e. The number of hydrogen-bond acceptors (Lipinski definition) is 28. The van der Waals surface area contributed by atoms with Gasteiger partial charge >= 0.3 is 35.6 Å². The van der Waals surface area contributed by atoms with Gasteiger partial charge in [-0.05, 0) is 285 Å². The number of nitrogens with one attached hydrogen (secondary N) is 6. The third kappa shape index (κ3) is 38.7. The number of aliphatic imine (C=N–C) groups is 1. The van der Waals surface area contributed by atoms with Crippen LogP contribution >= 0.6 is 11.6 Å². The van der Waals surface area contributed by atoms with Crippen LogP contribution in [0.25, 0.3) is 0 Å². The van der Waals surface area contributed by atoms with Crippen LogP contribution in [0.3, 0.4) is 0 Å². The van der Waals surface area contributed by atoms with Crippen molar-refractivity contribution in [2.45, 2.75) is 224 Å². The number of carbonyl (C=O) groups is 11. The smallest absolute Gasteiger partial charge is 0.414 e. The van der Waals surface area contributed by atoms with Crippen LogP contribution < -0.4 is 61.9 Å². The van der Waals surface area contributed by atoms with E-state index in [-0.39, 0.29) is 90.6 Å². The third-order valence-electron chi connectivity index (χ3n) is 24.5. The number of non-ortho nitro benzene ring substituents is 2. The van der Waals surface area contributed by atoms with Gasteiger partial charge in [-0.2, -0.15) is 0 Å². The van der Waals surface area contributed by atoms with Gasteiger partial charge in [0.15, 0.2) is 0 Å². The van der Waals surface area contributed by atoms with Crippen molar-refractivity contribution in [1.82, 2.24) is 50.9 Å². The van der Waals surface area contributed by atoms with Gasteiger partial charge in [0, 0.05) is 96.0 Å². The van der Waals surface area contributed by atoms with Crippen LogP contribution in [0, 0.1) is 32.1 Å². The molecule has 2 aliphatic carbocycles. The predicted molar refractivity (Wildman–Crippen MR) is 553 cm³/mol. The first-order chi connectivity index (χ1) is 69.7. The van der Waals surface area contributed by atoms with Gasteiger partial charge in [0.1, 0.15) is 11.5 Å². The minimum Gasteiger partial charge on any atom is -0.414 e. The van der Waals surface area contributed by atoms with Crippen LogP contribution in [-0.2, 0) is 94.5 Å². The number of nitrogens with zero attached hydrogens (tertiary/aromatic N) is 7. The first-order valence-electron chi connectivity index (χ1n) is 47.7. The second kappa shape index (κ2) is 58.6. The van der Waals surface area contributed by atoms with E-state index in [2.05, 4.69) is 54.9 Å². The Kier molecular flexibility index (Phi) is 48.6. The number of nitro benzene ring substituents is 2. The Morgan fingerprint density at radius 3 is 1.02 bits per heavy atom. The Bertz CT molecular complexity index is 6350. The molecule has 5 heterocycles. The van der Waals surface area contributed by atoms with E-state index in [1.807, 2.05) is 62.3 Å². The van der Waals surface area contributed by atoms with E-state index in [0.29, 0.717) is 119 Å². The molecular formula is C100H130ClN17O26S4. The van der Waals surface area contributed by atoms with E-state index in [1.165, 1.54) is 130 Å². The Morgan fingerprint density at radius 1 is 0.439 bits per heavy atom. The SMILES string of the molecule is CC1CCC(N=C=O)CC1.CCC1=C(C)CN(C(=O)NCCc2ccc(S(=O)(=O)NC(=O)NC3CCC(C)CC3)cc2)C1=O.CCC1=C(C)CN(C(=O)NCCc2ccc(S(N)(=O)=O)cc2)C1=O.CCC1=C(C)CN(C(=O)NCCc2ccc(S(N)(=O)=O)cc2)C1=O.CCC1=C(C)CN(C(=O)Oc2ccc([N+](=O)[O-])cc2)C1=O.CCC1=C(C)CNC1=O.NCCc1ccc(S(N)(=O)=O)cc1.O=C(Cl)Oc1ccc([N+](=O)[O-])cc1. The summed E-state index contributed by atoms with van der Waals surface area (Å²) in [4.78, 5) is 168. The van der Waals surface area contributed by atoms with Crippen molar-refractivity contribution in [3.8, 4) is 11.5 Å². The molecule has 802 valence electrons. The lowest BCUT2D eigenvalue weighted by Gasteiger charge is -2.26. The number of nitro groups is 2. The molecule has 2 saturated carbocycles. The van der Waals surface area contributed by atoms with Gasteiger partial charge in [-0.15, -0.1) is 0 Å². The Hall–Kier alpha value is -13.9. The lowest BCUT2D eigenvalue weighted by Crippen LogP contribution is -2.45. The number of ether oxygens (including phenoxy) is 2. The maximum absolute atomic E-state index is 12.5. The van der Waals surface area contributed by atoms with Gasteiger partial charge in [-0.3, -0.25) is 58.9 Å². The van der Waals surface area contributed by atoms with Gasteiger partial charge < -0.3 is 41.8 Å². The molecule has 43 nitrogen and oxygen atoms in total. The van der Waals surface area contributed by atoms with Crippen molar-refractivity contribution >= 4 is 134 Å². The Labute approximate surface area is 866 Å². The Morgan fingerprint density at radius 2 is 0.743 bits per heavy atom. The molecule has 0 aromatic heterocycles. The molecule has 0 bridgehead atoms. The van der Waals surface area contributed by atoms with Gasteiger partial charge in [-0.25, -0.2) is 97.3 Å². The molecule has 0 saturated heterocycles. The average molecular weight is 2150 g/mol. The molecule has 0 unspecified atom stereocenters. The molecular weight excluding hydrogens is 2020 g/mol. The number of amides is 14. The van der Waals surface area contributed by atoms with E-state index in [9.17, 15) is 111 Å². The fraction of sp³-hybridized carbons (Fsp3) is 0.420. The second-order valence-electron chi connectivity index (χ2n) is 35.4. The van der Waals surface area contributed by atoms with Crippen LogP contribution in [0.1, 0.15) is 189 Å². The molecule has 0 atom stereocenters. The van der Waals surface area contributed by atoms with Crippen LogP contribution in [0.4, 0.5) is 40.1 Å². The number of hydrogen-bond donors (Lipinski definition) is 10. The van der Waals surface area contributed by atoms with Crippen LogP contribution in [0.2, 0.25) is 0 Å². The van der Waals surface area contributed by atoms with Gasteiger partial charge in [-0.1, -0.05) is 97.0 Å². The first kappa shape index (κ1) is 123. The standard InChI is InChI=1S/C24H34N4O5S.2C16H21N3O4S.C14H14N2O5.C8H12N2O2S.C8H13NO.C7H4ClNO4.C7H11NO/c1-4-21-17(3)15-28(22(21)29)24(31)25-14-13-18-7-11-20(12-8-18)34(32,33)27-23(30)26-19-9-5-16(2)6-10-19;2*1-3-14-11(2)10-19(15(14)20)16(21)18-9-8-12-4-6-13(7-5-12)24(17,22)23;1-3-12-9(2)8-15(13(12)17)14(18)21-11-6-4-10(5-7-11)16(19)20;9-6-5-7-1-3-8(4-2-7)13(10,11)12;1-7-2-4-8(5-3-7)9-6-10;8-7(10)13-6-3-1-5(2-4-6)9(11)12;1-3-6-5(2)4-8-7(6)9/h7-8,11-12,16,19H,4-6,9-10,13-15H2,1-3H3,(H,25,31)(H2,26,27,30);2*4-7H,3,8-10H2,1-2H3,(H,18,21)(H2,17,22,23);4-7H,3,8H2,1-2H3;1-4H,5-6,9H2,(H2,10,11,12);7-8H,2-5H2,1H3;1-4H;3-4H2,1-2H3,(H,8,9). The fourth-order valence-corrected chi connectivity index (χ4v) is 18.6. The fourth-order valence-electron chi connectivity index (χ4n) is 16.1. The summed E-state index contributed by atoms with van der Waals surface area (Å²) in [5, 5.41) is 49.4.